The SMILES string of the molecule is CN1CC[C@@H](C2(c3ccc(Cl)c(Cl)c3)CCCCC2)C1. The first kappa shape index (κ1) is 14.7. The molecule has 20 heavy (non-hydrogen) atoms. The first-order valence-corrected chi connectivity index (χ1v) is 8.51. The number of hydrogen-bond acceptors (Lipinski definition) is 1. The molecule has 3 rings (SSSR count). The Kier molecular flexibility index (Phi) is 4.31. The normalized spacial score (nSPS) is 26.9. The highest BCUT2D eigenvalue weighted by Crippen LogP contribution is 2.49. The molecule has 0 amide bonds. The summed E-state index contributed by atoms with van der Waals surface area (Å²) in [4.78, 5) is 2.47. The van der Waals surface area contributed by atoms with E-state index in [4.69, 9.17) is 23.2 Å². The van der Waals surface area contributed by atoms with Crippen molar-refractivity contribution < 1.29 is 0 Å². The van der Waals surface area contributed by atoms with E-state index in [1.807, 2.05) is 6.07 Å². The third-order valence-electron chi connectivity index (χ3n) is 5.41. The first-order chi connectivity index (χ1) is 9.62. The summed E-state index contributed by atoms with van der Waals surface area (Å²) < 4.78 is 0. The Balaban J connectivity index is 1.98. The van der Waals surface area contributed by atoms with Crippen LogP contribution in [0.25, 0.3) is 0 Å². The second kappa shape index (κ2) is 5.87. The number of benzene rings is 1. The van der Waals surface area contributed by atoms with Crippen LogP contribution in [0.4, 0.5) is 0 Å². The monoisotopic (exact) mass is 311 g/mol. The molecule has 0 aromatic heterocycles. The molecule has 0 spiro atoms. The fraction of sp³-hybridized carbons (Fsp3) is 0.647. The van der Waals surface area contributed by atoms with Gasteiger partial charge < -0.3 is 4.90 Å². The minimum absolute atomic E-state index is 0.331. The lowest BCUT2D eigenvalue weighted by Gasteiger charge is -2.43. The van der Waals surface area contributed by atoms with Gasteiger partial charge in [0.1, 0.15) is 0 Å². The van der Waals surface area contributed by atoms with Crippen molar-refractivity contribution >= 4 is 23.2 Å². The predicted octanol–water partition coefficient (Wildman–Crippen LogP) is 5.15. The van der Waals surface area contributed by atoms with Gasteiger partial charge in [-0.25, -0.2) is 0 Å². The predicted molar refractivity (Wildman–Crippen MR) is 86.8 cm³/mol. The summed E-state index contributed by atoms with van der Waals surface area (Å²) in [6.45, 7) is 2.45. The van der Waals surface area contributed by atoms with Crippen LogP contribution < -0.4 is 0 Å². The highest BCUT2D eigenvalue weighted by Gasteiger charge is 2.43. The average Bonchev–Trinajstić information content (AvgIpc) is 2.90. The van der Waals surface area contributed by atoms with Crippen molar-refractivity contribution in [3.8, 4) is 0 Å². The molecule has 0 unspecified atom stereocenters. The van der Waals surface area contributed by atoms with Gasteiger partial charge in [0.15, 0.2) is 0 Å². The van der Waals surface area contributed by atoms with Gasteiger partial charge >= 0.3 is 0 Å². The summed E-state index contributed by atoms with van der Waals surface area (Å²) in [6.07, 6.45) is 8.01. The van der Waals surface area contributed by atoms with E-state index in [2.05, 4.69) is 24.1 Å². The molecule has 0 N–H and O–H groups in total. The van der Waals surface area contributed by atoms with E-state index in [1.165, 1.54) is 57.2 Å². The lowest BCUT2D eigenvalue weighted by Crippen LogP contribution is -2.38. The van der Waals surface area contributed by atoms with Crippen LogP contribution in [0.15, 0.2) is 18.2 Å². The van der Waals surface area contributed by atoms with Crippen LogP contribution in [0.5, 0.6) is 0 Å². The zero-order chi connectivity index (χ0) is 14.2. The quantitative estimate of drug-likeness (QED) is 0.730. The zero-order valence-electron chi connectivity index (χ0n) is 12.2. The van der Waals surface area contributed by atoms with Crippen LogP contribution in [0.3, 0.4) is 0 Å². The largest absolute Gasteiger partial charge is 0.306 e. The number of likely N-dealkylation sites (tertiary alicyclic amines) is 1. The molecule has 110 valence electrons. The van der Waals surface area contributed by atoms with Gasteiger partial charge in [0, 0.05) is 6.54 Å². The van der Waals surface area contributed by atoms with Gasteiger partial charge in [-0.05, 0) is 61.9 Å². The van der Waals surface area contributed by atoms with E-state index in [0.29, 0.717) is 15.5 Å². The summed E-state index contributed by atoms with van der Waals surface area (Å²) in [6, 6.07) is 6.33. The van der Waals surface area contributed by atoms with E-state index in [9.17, 15) is 0 Å². The molecule has 0 radical (unpaired) electrons. The van der Waals surface area contributed by atoms with Crippen LogP contribution in [-0.2, 0) is 5.41 Å². The Bertz CT molecular complexity index is 480. The Morgan fingerprint density at radius 3 is 2.45 bits per heavy atom. The topological polar surface area (TPSA) is 3.24 Å². The van der Waals surface area contributed by atoms with Crippen molar-refractivity contribution in [3.05, 3.63) is 33.8 Å². The molecule has 1 nitrogen and oxygen atoms in total. The second-order valence-corrected chi connectivity index (χ2v) is 7.41. The summed E-state index contributed by atoms with van der Waals surface area (Å²) in [5.41, 5.74) is 1.75. The summed E-state index contributed by atoms with van der Waals surface area (Å²) in [5.74, 6) is 0.769. The van der Waals surface area contributed by atoms with Crippen molar-refractivity contribution in [2.24, 2.45) is 5.92 Å². The molecular formula is C17H23Cl2N. The van der Waals surface area contributed by atoms with Crippen molar-refractivity contribution in [2.75, 3.05) is 20.1 Å². The van der Waals surface area contributed by atoms with Crippen LogP contribution in [-0.4, -0.2) is 25.0 Å². The Morgan fingerprint density at radius 1 is 1.10 bits per heavy atom. The lowest BCUT2D eigenvalue weighted by atomic mass is 9.62. The molecule has 1 aliphatic heterocycles. The van der Waals surface area contributed by atoms with E-state index < -0.39 is 0 Å². The molecule has 1 aromatic carbocycles. The minimum atomic E-state index is 0.331. The molecule has 2 fully saturated rings. The smallest absolute Gasteiger partial charge is 0.0595 e. The van der Waals surface area contributed by atoms with Crippen molar-refractivity contribution in [2.45, 2.75) is 43.9 Å². The molecule has 1 saturated carbocycles. The average molecular weight is 312 g/mol. The molecule has 3 heteroatoms. The Labute approximate surface area is 132 Å². The van der Waals surface area contributed by atoms with Crippen molar-refractivity contribution in [3.63, 3.8) is 0 Å². The molecular weight excluding hydrogens is 289 g/mol. The van der Waals surface area contributed by atoms with Crippen LogP contribution in [0, 0.1) is 5.92 Å². The zero-order valence-corrected chi connectivity index (χ0v) is 13.7. The van der Waals surface area contributed by atoms with Gasteiger partial charge in [-0.2, -0.15) is 0 Å². The third kappa shape index (κ3) is 2.61. The lowest BCUT2D eigenvalue weighted by molar-refractivity contribution is 0.192. The van der Waals surface area contributed by atoms with Crippen LogP contribution >= 0.6 is 23.2 Å². The summed E-state index contributed by atoms with van der Waals surface area (Å²) in [7, 11) is 2.24. The maximum absolute atomic E-state index is 6.29. The number of halogens is 2. The molecule has 1 aromatic rings. The van der Waals surface area contributed by atoms with Gasteiger partial charge in [-0.15, -0.1) is 0 Å². The Hall–Kier alpha value is -0.240. The molecule has 2 aliphatic rings. The van der Waals surface area contributed by atoms with Crippen molar-refractivity contribution in [1.29, 1.82) is 0 Å². The highest BCUT2D eigenvalue weighted by molar-refractivity contribution is 6.42. The van der Waals surface area contributed by atoms with E-state index in [0.717, 1.165) is 5.92 Å². The fourth-order valence-corrected chi connectivity index (χ4v) is 4.61. The third-order valence-corrected chi connectivity index (χ3v) is 6.15. The van der Waals surface area contributed by atoms with Gasteiger partial charge in [-0.3, -0.25) is 0 Å². The molecule has 1 aliphatic carbocycles. The standard InChI is InChI=1S/C17H23Cl2N/c1-20-10-7-14(12-20)17(8-3-2-4-9-17)13-5-6-15(18)16(19)11-13/h5-6,11,14H,2-4,7-10,12H2,1H3/t14-/m1/s1. The number of hydrogen-bond donors (Lipinski definition) is 0. The maximum Gasteiger partial charge on any atom is 0.0595 e. The van der Waals surface area contributed by atoms with Gasteiger partial charge in [-0.1, -0.05) is 48.5 Å². The van der Waals surface area contributed by atoms with Crippen LogP contribution in [0.1, 0.15) is 44.1 Å². The summed E-state index contributed by atoms with van der Waals surface area (Å²) in [5, 5.41) is 1.38. The maximum atomic E-state index is 6.29. The number of rotatable bonds is 2. The second-order valence-electron chi connectivity index (χ2n) is 6.59. The van der Waals surface area contributed by atoms with Gasteiger partial charge in [0.2, 0.25) is 0 Å². The van der Waals surface area contributed by atoms with E-state index >= 15 is 0 Å². The van der Waals surface area contributed by atoms with Gasteiger partial charge in [0.25, 0.3) is 0 Å². The molecule has 0 bridgehead atoms. The minimum Gasteiger partial charge on any atom is -0.306 e. The molecule has 1 atom stereocenters. The highest BCUT2D eigenvalue weighted by atomic mass is 35.5. The fourth-order valence-electron chi connectivity index (χ4n) is 4.31. The van der Waals surface area contributed by atoms with Gasteiger partial charge in [0.05, 0.1) is 10.0 Å². The number of nitrogens with zero attached hydrogens (tertiary/aromatic N) is 1. The van der Waals surface area contributed by atoms with Crippen LogP contribution in [0.2, 0.25) is 10.0 Å². The van der Waals surface area contributed by atoms with E-state index in [-0.39, 0.29) is 0 Å². The molecule has 1 saturated heterocycles. The molecule has 1 heterocycles. The first-order valence-electron chi connectivity index (χ1n) is 7.76. The van der Waals surface area contributed by atoms with E-state index in [1.54, 1.807) is 0 Å². The Morgan fingerprint density at radius 2 is 1.85 bits per heavy atom. The van der Waals surface area contributed by atoms with Crippen molar-refractivity contribution in [1.82, 2.24) is 4.90 Å². The summed E-state index contributed by atoms with van der Waals surface area (Å²) >= 11 is 12.4.